The number of hydrogen-bond acceptors (Lipinski definition) is 6. The van der Waals surface area contributed by atoms with E-state index in [0.717, 1.165) is 16.7 Å². The predicted octanol–water partition coefficient (Wildman–Crippen LogP) is 5.05. The maximum Gasteiger partial charge on any atom is 0.276 e. The molecule has 0 radical (unpaired) electrons. The Labute approximate surface area is 199 Å². The molecule has 0 saturated heterocycles. The van der Waals surface area contributed by atoms with Crippen LogP contribution in [-0.4, -0.2) is 24.4 Å². The van der Waals surface area contributed by atoms with E-state index in [2.05, 4.69) is 22.0 Å². The summed E-state index contributed by atoms with van der Waals surface area (Å²) in [6.45, 7) is 0.727. The maximum absolute atomic E-state index is 6.04. The third kappa shape index (κ3) is 6.05. The highest BCUT2D eigenvalue weighted by atomic mass is 16.5. The Hall–Kier alpha value is -4.50. The first-order valence-corrected chi connectivity index (χ1v) is 10.7. The van der Waals surface area contributed by atoms with Gasteiger partial charge in [0.2, 0.25) is 0 Å². The van der Waals surface area contributed by atoms with Gasteiger partial charge in [-0.25, -0.2) is 0 Å². The van der Waals surface area contributed by atoms with Crippen LogP contribution in [0.2, 0.25) is 0 Å². The van der Waals surface area contributed by atoms with E-state index in [1.807, 2.05) is 78.9 Å². The molecule has 0 aliphatic carbocycles. The minimum atomic E-state index is 0.316. The Morgan fingerprint density at radius 2 is 1.26 bits per heavy atom. The summed E-state index contributed by atoms with van der Waals surface area (Å²) < 4.78 is 22.6. The molecule has 4 aromatic rings. The molecule has 6 heteroatoms. The lowest BCUT2D eigenvalue weighted by Gasteiger charge is -2.11. The number of hydrogen-bond donors (Lipinski definition) is 0. The average Bonchev–Trinajstić information content (AvgIpc) is 2.91. The Kier molecular flexibility index (Phi) is 7.60. The molecule has 0 N–H and O–H groups in total. The first kappa shape index (κ1) is 22.7. The van der Waals surface area contributed by atoms with Crippen molar-refractivity contribution in [2.24, 2.45) is 0 Å². The monoisotopic (exact) mass is 452 g/mol. The first-order valence-electron chi connectivity index (χ1n) is 10.7. The molecule has 1 aromatic heterocycles. The van der Waals surface area contributed by atoms with Crippen LogP contribution in [-0.2, 0) is 13.2 Å². The summed E-state index contributed by atoms with van der Waals surface area (Å²) in [4.78, 5) is 0. The van der Waals surface area contributed by atoms with Gasteiger partial charge in [0, 0.05) is 11.6 Å². The third-order valence-corrected chi connectivity index (χ3v) is 4.90. The van der Waals surface area contributed by atoms with Crippen LogP contribution in [0.5, 0.6) is 23.1 Å². The number of rotatable bonds is 8. The van der Waals surface area contributed by atoms with Crippen LogP contribution in [0.4, 0.5) is 0 Å². The molecule has 0 aliphatic heterocycles. The Morgan fingerprint density at radius 3 is 1.91 bits per heavy atom. The number of benzene rings is 3. The fraction of sp³-hybridized carbons (Fsp3) is 0.143. The summed E-state index contributed by atoms with van der Waals surface area (Å²) in [5.74, 6) is 8.16. The van der Waals surface area contributed by atoms with Crippen LogP contribution in [0, 0.1) is 11.8 Å². The molecular formula is C28H24N2O4. The smallest absolute Gasteiger partial charge is 0.276 e. The molecule has 0 unspecified atom stereocenters. The van der Waals surface area contributed by atoms with Crippen LogP contribution in [0.15, 0.2) is 84.9 Å². The van der Waals surface area contributed by atoms with Crippen molar-refractivity contribution >= 4 is 0 Å². The van der Waals surface area contributed by atoms with Gasteiger partial charge in [0.05, 0.1) is 14.2 Å². The molecule has 0 saturated carbocycles. The third-order valence-electron chi connectivity index (χ3n) is 4.90. The van der Waals surface area contributed by atoms with Crippen LogP contribution in [0.1, 0.15) is 22.4 Å². The largest absolute Gasteiger partial charge is 0.493 e. The molecule has 170 valence electrons. The lowest BCUT2D eigenvalue weighted by Crippen LogP contribution is -2.04. The topological polar surface area (TPSA) is 62.7 Å². The summed E-state index contributed by atoms with van der Waals surface area (Å²) in [6.07, 6.45) is 0. The molecule has 6 nitrogen and oxygen atoms in total. The van der Waals surface area contributed by atoms with Crippen molar-refractivity contribution in [2.45, 2.75) is 13.2 Å². The van der Waals surface area contributed by atoms with E-state index in [1.54, 1.807) is 20.3 Å². The van der Waals surface area contributed by atoms with Crippen molar-refractivity contribution in [3.63, 3.8) is 0 Å². The first-order chi connectivity index (χ1) is 16.7. The number of ether oxygens (including phenoxy) is 4. The van der Waals surface area contributed by atoms with Gasteiger partial charge in [-0.3, -0.25) is 0 Å². The standard InChI is InChI=1S/C28H24N2O4/c1-31-25-16-14-21(17-26(25)32-2)13-15-24-18-27(33-19-22-9-5-3-6-10-22)28(30-29-24)34-20-23-11-7-4-8-12-23/h3-12,14,16-18H,19-20H2,1-2H3. The highest BCUT2D eigenvalue weighted by molar-refractivity contribution is 5.50. The molecule has 0 fully saturated rings. The zero-order valence-corrected chi connectivity index (χ0v) is 19.0. The zero-order chi connectivity index (χ0) is 23.6. The van der Waals surface area contributed by atoms with Gasteiger partial charge in [0.1, 0.15) is 18.9 Å². The van der Waals surface area contributed by atoms with Gasteiger partial charge in [-0.15, -0.1) is 10.2 Å². The fourth-order valence-corrected chi connectivity index (χ4v) is 3.14. The minimum absolute atomic E-state index is 0.316. The van der Waals surface area contributed by atoms with E-state index in [1.165, 1.54) is 0 Å². The van der Waals surface area contributed by atoms with Crippen molar-refractivity contribution in [2.75, 3.05) is 14.2 Å². The second-order valence-corrected chi connectivity index (χ2v) is 7.27. The van der Waals surface area contributed by atoms with E-state index in [4.69, 9.17) is 18.9 Å². The van der Waals surface area contributed by atoms with E-state index >= 15 is 0 Å². The molecule has 0 bridgehead atoms. The summed E-state index contributed by atoms with van der Waals surface area (Å²) in [7, 11) is 3.18. The molecule has 0 spiro atoms. The molecule has 1 heterocycles. The Bertz CT molecular complexity index is 1280. The van der Waals surface area contributed by atoms with E-state index in [-0.39, 0.29) is 0 Å². The minimum Gasteiger partial charge on any atom is -0.493 e. The lowest BCUT2D eigenvalue weighted by molar-refractivity contribution is 0.244. The van der Waals surface area contributed by atoms with Crippen molar-refractivity contribution in [3.05, 3.63) is 107 Å². The van der Waals surface area contributed by atoms with E-state index in [9.17, 15) is 0 Å². The second-order valence-electron chi connectivity index (χ2n) is 7.27. The predicted molar refractivity (Wildman–Crippen MR) is 129 cm³/mol. The molecule has 0 atom stereocenters. The van der Waals surface area contributed by atoms with Gasteiger partial charge in [0.25, 0.3) is 5.88 Å². The normalized spacial score (nSPS) is 10.1. The maximum atomic E-state index is 6.04. The number of methoxy groups -OCH3 is 2. The molecule has 0 aliphatic rings. The van der Waals surface area contributed by atoms with Crippen molar-refractivity contribution in [3.8, 4) is 35.0 Å². The van der Waals surface area contributed by atoms with E-state index in [0.29, 0.717) is 42.0 Å². The number of nitrogens with zero attached hydrogens (tertiary/aromatic N) is 2. The average molecular weight is 453 g/mol. The summed E-state index contributed by atoms with van der Waals surface area (Å²) >= 11 is 0. The lowest BCUT2D eigenvalue weighted by atomic mass is 10.2. The quantitative estimate of drug-likeness (QED) is 0.349. The van der Waals surface area contributed by atoms with Crippen LogP contribution in [0.25, 0.3) is 0 Å². The summed E-state index contributed by atoms with van der Waals surface area (Å²) in [6, 6.07) is 27.0. The highest BCUT2D eigenvalue weighted by Gasteiger charge is 2.11. The highest BCUT2D eigenvalue weighted by Crippen LogP contribution is 2.28. The van der Waals surface area contributed by atoms with Gasteiger partial charge in [-0.05, 0) is 35.2 Å². The van der Waals surface area contributed by atoms with Crippen LogP contribution < -0.4 is 18.9 Å². The van der Waals surface area contributed by atoms with Gasteiger partial charge >= 0.3 is 0 Å². The van der Waals surface area contributed by atoms with Gasteiger partial charge in [0.15, 0.2) is 17.2 Å². The SMILES string of the molecule is COc1ccc(C#Cc2cc(OCc3ccccc3)c(OCc3ccccc3)nn2)cc1OC. The second kappa shape index (κ2) is 11.4. The number of aromatic nitrogens is 2. The summed E-state index contributed by atoms with van der Waals surface area (Å²) in [5, 5.41) is 8.45. The molecule has 4 rings (SSSR count). The van der Waals surface area contributed by atoms with Gasteiger partial charge in [-0.2, -0.15) is 0 Å². The van der Waals surface area contributed by atoms with Gasteiger partial charge in [-0.1, -0.05) is 66.6 Å². The van der Waals surface area contributed by atoms with E-state index < -0.39 is 0 Å². The fourth-order valence-electron chi connectivity index (χ4n) is 3.14. The van der Waals surface area contributed by atoms with Crippen LogP contribution >= 0.6 is 0 Å². The zero-order valence-electron chi connectivity index (χ0n) is 19.0. The Balaban J connectivity index is 1.57. The Morgan fingerprint density at radius 1 is 0.618 bits per heavy atom. The molecule has 3 aromatic carbocycles. The van der Waals surface area contributed by atoms with Crippen LogP contribution in [0.3, 0.4) is 0 Å². The molecular weight excluding hydrogens is 428 g/mol. The van der Waals surface area contributed by atoms with Crippen molar-refractivity contribution in [1.29, 1.82) is 0 Å². The van der Waals surface area contributed by atoms with Crippen molar-refractivity contribution in [1.82, 2.24) is 10.2 Å². The van der Waals surface area contributed by atoms with Crippen molar-refractivity contribution < 1.29 is 18.9 Å². The molecule has 34 heavy (non-hydrogen) atoms. The van der Waals surface area contributed by atoms with Gasteiger partial charge < -0.3 is 18.9 Å². The summed E-state index contributed by atoms with van der Waals surface area (Å²) in [5.41, 5.74) is 3.28. The molecule has 0 amide bonds.